The van der Waals surface area contributed by atoms with E-state index in [2.05, 4.69) is 10.6 Å². The van der Waals surface area contributed by atoms with Crippen molar-refractivity contribution in [3.05, 3.63) is 30.1 Å². The summed E-state index contributed by atoms with van der Waals surface area (Å²) in [7, 11) is 0. The van der Waals surface area contributed by atoms with Gasteiger partial charge < -0.3 is 15.4 Å². The zero-order chi connectivity index (χ0) is 15.6. The number of hydrogen-bond donors (Lipinski definition) is 2. The Hall–Kier alpha value is -1.62. The van der Waals surface area contributed by atoms with Crippen LogP contribution in [0.25, 0.3) is 0 Å². The second-order valence-electron chi connectivity index (χ2n) is 5.76. The van der Waals surface area contributed by atoms with Crippen LogP contribution in [-0.2, 0) is 4.79 Å². The number of piperidine rings is 1. The number of benzene rings is 1. The van der Waals surface area contributed by atoms with E-state index in [1.54, 1.807) is 12.1 Å². The van der Waals surface area contributed by atoms with Crippen molar-refractivity contribution < 1.29 is 13.9 Å². The van der Waals surface area contributed by atoms with Gasteiger partial charge in [0, 0.05) is 19.0 Å². The van der Waals surface area contributed by atoms with Gasteiger partial charge in [-0.25, -0.2) is 4.39 Å². The van der Waals surface area contributed by atoms with Gasteiger partial charge in [-0.3, -0.25) is 4.79 Å². The zero-order valence-corrected chi connectivity index (χ0v) is 12.9. The Balaban J connectivity index is 1.50. The second kappa shape index (κ2) is 9.41. The molecule has 5 heteroatoms. The van der Waals surface area contributed by atoms with E-state index >= 15 is 0 Å². The number of ether oxygens (including phenoxy) is 1. The maximum atomic E-state index is 12.9. The lowest BCUT2D eigenvalue weighted by Crippen LogP contribution is -2.33. The van der Waals surface area contributed by atoms with E-state index in [9.17, 15) is 9.18 Å². The van der Waals surface area contributed by atoms with Crippen molar-refractivity contribution in [2.24, 2.45) is 5.92 Å². The molecule has 1 heterocycles. The van der Waals surface area contributed by atoms with Crippen LogP contribution in [0.5, 0.6) is 5.75 Å². The van der Waals surface area contributed by atoms with Crippen LogP contribution in [0, 0.1) is 11.7 Å². The molecular formula is C17H25FN2O2. The van der Waals surface area contributed by atoms with E-state index in [0.717, 1.165) is 26.1 Å². The lowest BCUT2D eigenvalue weighted by Gasteiger charge is -2.22. The van der Waals surface area contributed by atoms with Gasteiger partial charge in [0.05, 0.1) is 6.61 Å². The second-order valence-corrected chi connectivity index (χ2v) is 5.76. The Morgan fingerprint density at radius 1 is 1.45 bits per heavy atom. The summed E-state index contributed by atoms with van der Waals surface area (Å²) >= 11 is 0. The summed E-state index contributed by atoms with van der Waals surface area (Å²) in [6.45, 7) is 3.35. The molecule has 0 saturated carbocycles. The van der Waals surface area contributed by atoms with Gasteiger partial charge in [-0.05, 0) is 56.8 Å². The maximum absolute atomic E-state index is 12.9. The van der Waals surface area contributed by atoms with E-state index in [1.165, 1.54) is 25.0 Å². The largest absolute Gasteiger partial charge is 0.493 e. The molecule has 1 aliphatic rings. The van der Waals surface area contributed by atoms with Crippen LogP contribution in [0.3, 0.4) is 0 Å². The molecule has 1 aliphatic heterocycles. The molecule has 1 unspecified atom stereocenters. The van der Waals surface area contributed by atoms with E-state index in [4.69, 9.17) is 4.74 Å². The average molecular weight is 308 g/mol. The molecule has 0 bridgehead atoms. The van der Waals surface area contributed by atoms with Gasteiger partial charge in [-0.15, -0.1) is 0 Å². The lowest BCUT2D eigenvalue weighted by atomic mass is 9.96. The van der Waals surface area contributed by atoms with Crippen LogP contribution in [0.4, 0.5) is 4.39 Å². The summed E-state index contributed by atoms with van der Waals surface area (Å²) in [5, 5.41) is 6.33. The molecule has 1 atom stereocenters. The Labute approximate surface area is 131 Å². The number of carbonyl (C=O) groups is 1. The zero-order valence-electron chi connectivity index (χ0n) is 12.9. The number of nitrogens with one attached hydrogen (secondary N) is 2. The number of rotatable bonds is 8. The third-order valence-corrected chi connectivity index (χ3v) is 3.89. The fourth-order valence-corrected chi connectivity index (χ4v) is 2.65. The van der Waals surface area contributed by atoms with Crippen molar-refractivity contribution in [3.63, 3.8) is 0 Å². The summed E-state index contributed by atoms with van der Waals surface area (Å²) in [5.41, 5.74) is 0. The molecule has 2 rings (SSSR count). The molecule has 22 heavy (non-hydrogen) atoms. The molecule has 0 aliphatic carbocycles. The third-order valence-electron chi connectivity index (χ3n) is 3.89. The van der Waals surface area contributed by atoms with Gasteiger partial charge in [0.15, 0.2) is 0 Å². The minimum Gasteiger partial charge on any atom is -0.493 e. The van der Waals surface area contributed by atoms with Crippen LogP contribution in [0.2, 0.25) is 0 Å². The topological polar surface area (TPSA) is 50.4 Å². The van der Waals surface area contributed by atoms with Crippen LogP contribution in [0.1, 0.15) is 32.1 Å². The Morgan fingerprint density at radius 3 is 3.14 bits per heavy atom. The first-order chi connectivity index (χ1) is 10.7. The summed E-state index contributed by atoms with van der Waals surface area (Å²) < 4.78 is 18.4. The highest BCUT2D eigenvalue weighted by molar-refractivity contribution is 5.75. The average Bonchev–Trinajstić information content (AvgIpc) is 2.53. The predicted molar refractivity (Wildman–Crippen MR) is 84.3 cm³/mol. The van der Waals surface area contributed by atoms with Crippen LogP contribution in [0.15, 0.2) is 24.3 Å². The number of hydrogen-bond acceptors (Lipinski definition) is 3. The monoisotopic (exact) mass is 308 g/mol. The molecule has 1 amide bonds. The maximum Gasteiger partial charge on any atom is 0.220 e. The minimum atomic E-state index is -0.313. The van der Waals surface area contributed by atoms with Crippen molar-refractivity contribution in [2.75, 3.05) is 26.2 Å². The van der Waals surface area contributed by atoms with Crippen LogP contribution >= 0.6 is 0 Å². The number of carbonyl (C=O) groups excluding carboxylic acids is 1. The lowest BCUT2D eigenvalue weighted by molar-refractivity contribution is -0.121. The summed E-state index contributed by atoms with van der Waals surface area (Å²) in [4.78, 5) is 11.7. The summed E-state index contributed by atoms with van der Waals surface area (Å²) in [5.74, 6) is 0.939. The molecule has 2 N–H and O–H groups in total. The number of halogens is 1. The molecular weight excluding hydrogens is 283 g/mol. The smallest absolute Gasteiger partial charge is 0.220 e. The van der Waals surface area contributed by atoms with Gasteiger partial charge in [0.25, 0.3) is 0 Å². The Bertz CT molecular complexity index is 462. The van der Waals surface area contributed by atoms with Crippen molar-refractivity contribution in [2.45, 2.75) is 32.1 Å². The molecule has 1 aromatic carbocycles. The van der Waals surface area contributed by atoms with E-state index in [0.29, 0.717) is 31.1 Å². The highest BCUT2D eigenvalue weighted by atomic mass is 19.1. The van der Waals surface area contributed by atoms with Gasteiger partial charge in [-0.2, -0.15) is 0 Å². The quantitative estimate of drug-likeness (QED) is 0.726. The third kappa shape index (κ3) is 6.43. The van der Waals surface area contributed by atoms with Crippen LogP contribution in [-0.4, -0.2) is 32.1 Å². The van der Waals surface area contributed by atoms with Gasteiger partial charge in [0.2, 0.25) is 5.91 Å². The van der Waals surface area contributed by atoms with E-state index in [-0.39, 0.29) is 11.7 Å². The minimum absolute atomic E-state index is 0.0617. The molecule has 1 aromatic rings. The van der Waals surface area contributed by atoms with Crippen molar-refractivity contribution in [3.8, 4) is 5.75 Å². The van der Waals surface area contributed by atoms with Crippen molar-refractivity contribution in [1.29, 1.82) is 0 Å². The summed E-state index contributed by atoms with van der Waals surface area (Å²) in [6.07, 6.45) is 4.60. The van der Waals surface area contributed by atoms with E-state index < -0.39 is 0 Å². The van der Waals surface area contributed by atoms with Crippen molar-refractivity contribution in [1.82, 2.24) is 10.6 Å². The molecule has 1 saturated heterocycles. The van der Waals surface area contributed by atoms with Gasteiger partial charge >= 0.3 is 0 Å². The van der Waals surface area contributed by atoms with Crippen molar-refractivity contribution >= 4 is 5.91 Å². The van der Waals surface area contributed by atoms with Crippen LogP contribution < -0.4 is 15.4 Å². The summed E-state index contributed by atoms with van der Waals surface area (Å²) in [6, 6.07) is 6.04. The van der Waals surface area contributed by atoms with E-state index in [1.807, 2.05) is 0 Å². The number of amides is 1. The molecule has 0 radical (unpaired) electrons. The fraction of sp³-hybridized carbons (Fsp3) is 0.588. The molecule has 1 fully saturated rings. The van der Waals surface area contributed by atoms with Gasteiger partial charge in [-0.1, -0.05) is 6.07 Å². The molecule has 4 nitrogen and oxygen atoms in total. The van der Waals surface area contributed by atoms with Gasteiger partial charge in [0.1, 0.15) is 11.6 Å². The highest BCUT2D eigenvalue weighted by Gasteiger charge is 2.12. The predicted octanol–water partition coefficient (Wildman–Crippen LogP) is 2.49. The standard InChI is InChI=1S/C17H25FN2O2/c18-15-5-1-6-16(12-15)22-11-3-7-17(21)20-10-8-14-4-2-9-19-13-14/h1,5-6,12,14,19H,2-4,7-11,13H2,(H,20,21). The molecule has 0 spiro atoms. The first-order valence-corrected chi connectivity index (χ1v) is 8.10. The first-order valence-electron chi connectivity index (χ1n) is 8.10. The fourth-order valence-electron chi connectivity index (χ4n) is 2.65. The normalized spacial score (nSPS) is 18.0. The SMILES string of the molecule is O=C(CCCOc1cccc(F)c1)NCCC1CCCNC1. The Kier molecular flexibility index (Phi) is 7.16. The first kappa shape index (κ1) is 16.7. The molecule has 122 valence electrons. The Morgan fingerprint density at radius 2 is 2.36 bits per heavy atom. The molecule has 0 aromatic heterocycles. The highest BCUT2D eigenvalue weighted by Crippen LogP contribution is 2.13.